The number of hydrogen-bond donors (Lipinski definition) is 2. The molecule has 1 aliphatic heterocycles. The second-order valence-corrected chi connectivity index (χ2v) is 6.13. The maximum atomic E-state index is 13.0. The van der Waals surface area contributed by atoms with Crippen LogP contribution in [0, 0.1) is 6.92 Å². The van der Waals surface area contributed by atoms with E-state index >= 15 is 0 Å². The van der Waals surface area contributed by atoms with Crippen LogP contribution in [-0.4, -0.2) is 48.3 Å². The van der Waals surface area contributed by atoms with Crippen molar-refractivity contribution in [1.82, 2.24) is 4.90 Å². The molecule has 26 heavy (non-hydrogen) atoms. The number of urea groups is 1. The first-order valence-corrected chi connectivity index (χ1v) is 8.30. The van der Waals surface area contributed by atoms with Gasteiger partial charge in [-0.1, -0.05) is 13.0 Å². The molecule has 0 unspecified atom stereocenters. The third-order valence-electron chi connectivity index (χ3n) is 4.23. The van der Waals surface area contributed by atoms with Crippen LogP contribution >= 0.6 is 0 Å². The summed E-state index contributed by atoms with van der Waals surface area (Å²) in [5, 5.41) is 5.30. The van der Waals surface area contributed by atoms with Gasteiger partial charge in [-0.2, -0.15) is 13.2 Å². The van der Waals surface area contributed by atoms with Crippen LogP contribution in [0.5, 0.6) is 0 Å². The Kier molecular flexibility index (Phi) is 6.12. The highest BCUT2D eigenvalue weighted by Gasteiger charge is 2.49. The standard InChI is InChI=1S/C17H22F3N3O3/c1-4-14(24)21-12-6-5-10(2)13(9-12)22-16(25)23-7-8-26-15(11(23)3)17(18,19)20/h5-6,9,11,15H,4,7-8H2,1-3H3,(H,21,24)(H,22,25)/t11-,15-/m0/s1. The molecule has 1 aliphatic rings. The summed E-state index contributed by atoms with van der Waals surface area (Å²) in [5.74, 6) is -0.180. The maximum absolute atomic E-state index is 13.0. The van der Waals surface area contributed by atoms with Gasteiger partial charge in [0.1, 0.15) is 0 Å². The highest BCUT2D eigenvalue weighted by Crippen LogP contribution is 2.30. The summed E-state index contributed by atoms with van der Waals surface area (Å²) in [5.41, 5.74) is 1.65. The molecule has 2 rings (SSSR count). The molecular weight excluding hydrogens is 351 g/mol. The van der Waals surface area contributed by atoms with Crippen LogP contribution in [0.25, 0.3) is 0 Å². The van der Waals surface area contributed by atoms with Gasteiger partial charge in [-0.05, 0) is 31.5 Å². The van der Waals surface area contributed by atoms with Crippen molar-refractivity contribution in [2.75, 3.05) is 23.8 Å². The third-order valence-corrected chi connectivity index (χ3v) is 4.23. The number of carbonyl (C=O) groups excluding carboxylic acids is 2. The predicted molar refractivity (Wildman–Crippen MR) is 91.1 cm³/mol. The summed E-state index contributed by atoms with van der Waals surface area (Å²) < 4.78 is 43.8. The number of hydrogen-bond acceptors (Lipinski definition) is 3. The largest absolute Gasteiger partial charge is 0.416 e. The van der Waals surface area contributed by atoms with Crippen LogP contribution in [-0.2, 0) is 9.53 Å². The molecule has 0 spiro atoms. The van der Waals surface area contributed by atoms with Crippen LogP contribution in [0.2, 0.25) is 0 Å². The first-order valence-electron chi connectivity index (χ1n) is 8.30. The van der Waals surface area contributed by atoms with E-state index in [-0.39, 0.29) is 19.1 Å². The van der Waals surface area contributed by atoms with E-state index in [0.717, 1.165) is 10.5 Å². The molecule has 2 atom stereocenters. The summed E-state index contributed by atoms with van der Waals surface area (Å²) in [6.07, 6.45) is -6.25. The first kappa shape index (κ1) is 20.0. The molecule has 1 aromatic carbocycles. The summed E-state index contributed by atoms with van der Waals surface area (Å²) in [6.45, 7) is 4.64. The van der Waals surface area contributed by atoms with E-state index in [0.29, 0.717) is 17.8 Å². The molecule has 6 nitrogen and oxygen atoms in total. The number of ether oxygens (including phenoxy) is 1. The number of rotatable bonds is 3. The molecule has 0 bridgehead atoms. The minimum atomic E-state index is -4.54. The fourth-order valence-corrected chi connectivity index (χ4v) is 2.71. The molecule has 0 aromatic heterocycles. The van der Waals surface area contributed by atoms with E-state index in [2.05, 4.69) is 10.6 Å². The van der Waals surface area contributed by atoms with Crippen molar-refractivity contribution >= 4 is 23.3 Å². The maximum Gasteiger partial charge on any atom is 0.416 e. The van der Waals surface area contributed by atoms with Gasteiger partial charge in [-0.15, -0.1) is 0 Å². The number of carbonyl (C=O) groups is 2. The van der Waals surface area contributed by atoms with Gasteiger partial charge in [0.05, 0.1) is 12.6 Å². The average molecular weight is 373 g/mol. The Labute approximate surface area is 149 Å². The van der Waals surface area contributed by atoms with E-state index in [9.17, 15) is 22.8 Å². The molecule has 2 N–H and O–H groups in total. The normalized spacial score (nSPS) is 20.6. The smallest absolute Gasteiger partial charge is 0.365 e. The molecule has 0 saturated carbocycles. The topological polar surface area (TPSA) is 70.7 Å². The summed E-state index contributed by atoms with van der Waals surface area (Å²) >= 11 is 0. The lowest BCUT2D eigenvalue weighted by molar-refractivity contribution is -0.246. The Hall–Kier alpha value is -2.29. The second kappa shape index (κ2) is 7.94. The van der Waals surface area contributed by atoms with E-state index in [1.165, 1.54) is 6.92 Å². The molecule has 1 fully saturated rings. The molecule has 3 amide bonds. The van der Waals surface area contributed by atoms with Crippen LogP contribution in [0.3, 0.4) is 0 Å². The van der Waals surface area contributed by atoms with Gasteiger partial charge in [0.25, 0.3) is 0 Å². The minimum Gasteiger partial charge on any atom is -0.365 e. The number of amides is 3. The van der Waals surface area contributed by atoms with Crippen molar-refractivity contribution in [2.24, 2.45) is 0 Å². The zero-order chi connectivity index (χ0) is 19.5. The average Bonchev–Trinajstić information content (AvgIpc) is 2.56. The number of nitrogens with zero attached hydrogens (tertiary/aromatic N) is 1. The van der Waals surface area contributed by atoms with Crippen molar-refractivity contribution in [1.29, 1.82) is 0 Å². The van der Waals surface area contributed by atoms with Gasteiger partial charge in [0.2, 0.25) is 5.91 Å². The second-order valence-electron chi connectivity index (χ2n) is 6.13. The lowest BCUT2D eigenvalue weighted by atomic mass is 10.1. The van der Waals surface area contributed by atoms with E-state index < -0.39 is 24.4 Å². The minimum absolute atomic E-state index is 0.0604. The number of anilines is 2. The Morgan fingerprint density at radius 3 is 2.62 bits per heavy atom. The van der Waals surface area contributed by atoms with E-state index in [1.807, 2.05) is 0 Å². The van der Waals surface area contributed by atoms with Crippen molar-refractivity contribution < 1.29 is 27.5 Å². The van der Waals surface area contributed by atoms with Gasteiger partial charge in [0.15, 0.2) is 6.10 Å². The SMILES string of the molecule is CCC(=O)Nc1ccc(C)c(NC(=O)N2CCO[C@H](C(F)(F)F)[C@@H]2C)c1. The third kappa shape index (κ3) is 4.66. The molecule has 1 aromatic rings. The van der Waals surface area contributed by atoms with Crippen molar-refractivity contribution in [2.45, 2.75) is 45.5 Å². The van der Waals surface area contributed by atoms with Gasteiger partial charge < -0.3 is 20.3 Å². The number of aryl methyl sites for hydroxylation is 1. The summed E-state index contributed by atoms with van der Waals surface area (Å²) in [7, 11) is 0. The molecule has 1 saturated heterocycles. The molecule has 0 radical (unpaired) electrons. The Morgan fingerprint density at radius 2 is 2.00 bits per heavy atom. The zero-order valence-electron chi connectivity index (χ0n) is 14.8. The molecule has 9 heteroatoms. The number of alkyl halides is 3. The highest BCUT2D eigenvalue weighted by molar-refractivity contribution is 5.94. The lowest BCUT2D eigenvalue weighted by Gasteiger charge is -2.39. The monoisotopic (exact) mass is 373 g/mol. The van der Waals surface area contributed by atoms with Gasteiger partial charge in [-0.25, -0.2) is 4.79 Å². The highest BCUT2D eigenvalue weighted by atomic mass is 19.4. The summed E-state index contributed by atoms with van der Waals surface area (Å²) in [6, 6.07) is 3.19. The van der Waals surface area contributed by atoms with Crippen molar-refractivity contribution in [3.8, 4) is 0 Å². The molecule has 1 heterocycles. The zero-order valence-corrected chi connectivity index (χ0v) is 14.8. The quantitative estimate of drug-likeness (QED) is 0.852. The molecule has 144 valence electrons. The number of halogens is 3. The fraction of sp³-hybridized carbons (Fsp3) is 0.529. The predicted octanol–water partition coefficient (Wildman–Crippen LogP) is 3.53. The Balaban J connectivity index is 2.13. The van der Waals surface area contributed by atoms with Crippen LogP contribution in [0.15, 0.2) is 18.2 Å². The Morgan fingerprint density at radius 1 is 1.31 bits per heavy atom. The lowest BCUT2D eigenvalue weighted by Crippen LogP contribution is -2.58. The van der Waals surface area contributed by atoms with Gasteiger partial charge >= 0.3 is 12.2 Å². The van der Waals surface area contributed by atoms with E-state index in [4.69, 9.17) is 4.74 Å². The van der Waals surface area contributed by atoms with E-state index in [1.54, 1.807) is 32.0 Å². The van der Waals surface area contributed by atoms with Crippen LogP contribution in [0.1, 0.15) is 25.8 Å². The number of morpholine rings is 1. The molecule has 0 aliphatic carbocycles. The van der Waals surface area contributed by atoms with Crippen LogP contribution < -0.4 is 10.6 Å². The Bertz CT molecular complexity index is 679. The molecular formula is C17H22F3N3O3. The van der Waals surface area contributed by atoms with Crippen molar-refractivity contribution in [3.05, 3.63) is 23.8 Å². The van der Waals surface area contributed by atoms with Gasteiger partial charge in [-0.3, -0.25) is 4.79 Å². The van der Waals surface area contributed by atoms with Crippen LogP contribution in [0.4, 0.5) is 29.3 Å². The summed E-state index contributed by atoms with van der Waals surface area (Å²) in [4.78, 5) is 25.1. The van der Waals surface area contributed by atoms with Gasteiger partial charge in [0, 0.05) is 24.3 Å². The van der Waals surface area contributed by atoms with Crippen molar-refractivity contribution in [3.63, 3.8) is 0 Å². The first-order chi connectivity index (χ1) is 12.1. The fourth-order valence-electron chi connectivity index (χ4n) is 2.71. The number of nitrogens with one attached hydrogen (secondary N) is 2. The number of benzene rings is 1.